The molecule has 9 nitrogen and oxygen atoms in total. The summed E-state index contributed by atoms with van der Waals surface area (Å²) >= 11 is 1.51. The lowest BCUT2D eigenvalue weighted by atomic mass is 10.1. The predicted octanol–water partition coefficient (Wildman–Crippen LogP) is 4.12. The standard InChI is InChI=1S/C28H30N4O5S2/c1-35-23-8-11-27(36-2)25(19-23)26-20-38-28(32(26)14-12-21-5-3-4-13-29-21)30-22-6-9-24(10-7-22)39(33,34)31-15-17-37-18-16-31/h3-11,13,19-20H,12,14-18H2,1-2H3. The minimum absolute atomic E-state index is 0.249. The highest BCUT2D eigenvalue weighted by Gasteiger charge is 2.26. The summed E-state index contributed by atoms with van der Waals surface area (Å²) in [5, 5.41) is 2.05. The number of benzene rings is 2. The molecular formula is C28H30N4O5S2. The van der Waals surface area contributed by atoms with Crippen LogP contribution in [0.5, 0.6) is 11.5 Å². The van der Waals surface area contributed by atoms with E-state index in [1.54, 1.807) is 44.7 Å². The smallest absolute Gasteiger partial charge is 0.243 e. The summed E-state index contributed by atoms with van der Waals surface area (Å²) in [6.07, 6.45) is 2.50. The van der Waals surface area contributed by atoms with E-state index in [0.29, 0.717) is 45.0 Å². The molecule has 0 N–H and O–H groups in total. The van der Waals surface area contributed by atoms with Gasteiger partial charge in [0.15, 0.2) is 4.80 Å². The van der Waals surface area contributed by atoms with Crippen molar-refractivity contribution in [2.75, 3.05) is 40.5 Å². The van der Waals surface area contributed by atoms with E-state index in [2.05, 4.69) is 9.55 Å². The van der Waals surface area contributed by atoms with Crippen LogP contribution in [0.2, 0.25) is 0 Å². The Kier molecular flexibility index (Phi) is 8.41. The van der Waals surface area contributed by atoms with Gasteiger partial charge in [-0.3, -0.25) is 4.98 Å². The van der Waals surface area contributed by atoms with Gasteiger partial charge in [-0.1, -0.05) is 6.07 Å². The van der Waals surface area contributed by atoms with E-state index >= 15 is 0 Å². The third-order valence-electron chi connectivity index (χ3n) is 6.47. The average molecular weight is 567 g/mol. The zero-order valence-electron chi connectivity index (χ0n) is 21.8. The number of aromatic nitrogens is 2. The molecule has 4 aromatic rings. The van der Waals surface area contributed by atoms with Gasteiger partial charge in [0, 0.05) is 48.9 Å². The second-order valence-corrected chi connectivity index (χ2v) is 11.6. The number of aryl methyl sites for hydroxylation is 1. The summed E-state index contributed by atoms with van der Waals surface area (Å²) < 4.78 is 46.1. The monoisotopic (exact) mass is 566 g/mol. The van der Waals surface area contributed by atoms with Crippen LogP contribution >= 0.6 is 11.3 Å². The first kappa shape index (κ1) is 27.1. The fourth-order valence-electron chi connectivity index (χ4n) is 4.38. The fourth-order valence-corrected chi connectivity index (χ4v) is 6.73. The molecule has 0 atom stereocenters. The number of nitrogens with zero attached hydrogens (tertiary/aromatic N) is 4. The first-order chi connectivity index (χ1) is 19.0. The lowest BCUT2D eigenvalue weighted by Gasteiger charge is -2.26. The largest absolute Gasteiger partial charge is 0.497 e. The number of ether oxygens (including phenoxy) is 3. The first-order valence-corrected chi connectivity index (χ1v) is 14.8. The summed E-state index contributed by atoms with van der Waals surface area (Å²) in [5.74, 6) is 1.45. The second-order valence-electron chi connectivity index (χ2n) is 8.81. The van der Waals surface area contributed by atoms with Crippen LogP contribution in [0, 0.1) is 0 Å². The van der Waals surface area contributed by atoms with Crippen molar-refractivity contribution >= 4 is 27.0 Å². The van der Waals surface area contributed by atoms with Gasteiger partial charge < -0.3 is 18.8 Å². The molecule has 2 aromatic heterocycles. The van der Waals surface area contributed by atoms with Gasteiger partial charge in [-0.2, -0.15) is 4.31 Å². The first-order valence-electron chi connectivity index (χ1n) is 12.5. The van der Waals surface area contributed by atoms with Crippen LogP contribution < -0.4 is 14.3 Å². The summed E-state index contributed by atoms with van der Waals surface area (Å²) in [6.45, 7) is 2.17. The van der Waals surface area contributed by atoms with Crippen molar-refractivity contribution in [2.45, 2.75) is 17.9 Å². The second kappa shape index (κ2) is 12.1. The Labute approximate surface area is 232 Å². The zero-order chi connectivity index (χ0) is 27.2. The highest BCUT2D eigenvalue weighted by Crippen LogP contribution is 2.34. The lowest BCUT2D eigenvalue weighted by molar-refractivity contribution is 0.0730. The Balaban J connectivity index is 1.52. The lowest BCUT2D eigenvalue weighted by Crippen LogP contribution is -2.40. The summed E-state index contributed by atoms with van der Waals surface area (Å²) in [7, 11) is -0.285. The van der Waals surface area contributed by atoms with E-state index in [1.165, 1.54) is 15.6 Å². The molecule has 1 fully saturated rings. The van der Waals surface area contributed by atoms with Crippen LogP contribution in [-0.2, 0) is 27.7 Å². The normalized spacial score (nSPS) is 14.9. The maximum atomic E-state index is 13.0. The molecule has 1 aliphatic rings. The molecule has 0 aliphatic carbocycles. The minimum Gasteiger partial charge on any atom is -0.497 e. The van der Waals surface area contributed by atoms with E-state index in [-0.39, 0.29) is 4.90 Å². The van der Waals surface area contributed by atoms with Crippen molar-refractivity contribution in [2.24, 2.45) is 4.99 Å². The highest BCUT2D eigenvalue weighted by molar-refractivity contribution is 7.89. The summed E-state index contributed by atoms with van der Waals surface area (Å²) in [5.41, 5.74) is 3.47. The van der Waals surface area contributed by atoms with Crippen LogP contribution in [0.4, 0.5) is 5.69 Å². The van der Waals surface area contributed by atoms with Crippen LogP contribution in [0.15, 0.2) is 82.1 Å². The van der Waals surface area contributed by atoms with Gasteiger partial charge >= 0.3 is 0 Å². The molecule has 0 amide bonds. The van der Waals surface area contributed by atoms with Crippen LogP contribution in [0.3, 0.4) is 0 Å². The van der Waals surface area contributed by atoms with E-state index in [0.717, 1.165) is 33.3 Å². The molecule has 3 heterocycles. The van der Waals surface area contributed by atoms with Crippen LogP contribution in [-0.4, -0.2) is 62.8 Å². The van der Waals surface area contributed by atoms with Crippen molar-refractivity contribution < 1.29 is 22.6 Å². The summed E-state index contributed by atoms with van der Waals surface area (Å²) in [6, 6.07) is 18.3. The Morgan fingerprint density at radius 1 is 1.03 bits per heavy atom. The minimum atomic E-state index is -3.57. The molecule has 11 heteroatoms. The van der Waals surface area contributed by atoms with E-state index in [4.69, 9.17) is 19.2 Å². The van der Waals surface area contributed by atoms with Gasteiger partial charge in [0.25, 0.3) is 0 Å². The molecule has 204 valence electrons. The zero-order valence-corrected chi connectivity index (χ0v) is 23.5. The highest BCUT2D eigenvalue weighted by atomic mass is 32.2. The Hall–Kier alpha value is -3.51. The molecule has 0 radical (unpaired) electrons. The molecule has 1 aliphatic heterocycles. The van der Waals surface area contributed by atoms with Crippen LogP contribution in [0.1, 0.15) is 5.69 Å². The Morgan fingerprint density at radius 3 is 2.51 bits per heavy atom. The number of hydrogen-bond acceptors (Lipinski definition) is 8. The number of thiazole rings is 1. The third kappa shape index (κ3) is 6.06. The van der Waals surface area contributed by atoms with Gasteiger partial charge in [-0.25, -0.2) is 13.4 Å². The van der Waals surface area contributed by atoms with E-state index < -0.39 is 10.0 Å². The van der Waals surface area contributed by atoms with Crippen molar-refractivity contribution in [1.82, 2.24) is 13.9 Å². The van der Waals surface area contributed by atoms with Gasteiger partial charge in [0.05, 0.1) is 43.7 Å². The number of rotatable bonds is 9. The fraction of sp³-hybridized carbons (Fsp3) is 0.286. The molecule has 0 spiro atoms. The average Bonchev–Trinajstić information content (AvgIpc) is 3.38. The predicted molar refractivity (Wildman–Crippen MR) is 150 cm³/mol. The van der Waals surface area contributed by atoms with E-state index in [1.807, 2.05) is 41.8 Å². The SMILES string of the molecule is COc1ccc(OC)c(-c2csc(=Nc3ccc(S(=O)(=O)N4CCOCC4)cc3)n2CCc2ccccn2)c1. The number of hydrogen-bond donors (Lipinski definition) is 0. The van der Waals surface area contributed by atoms with Gasteiger partial charge in [0.1, 0.15) is 11.5 Å². The molecule has 0 bridgehead atoms. The number of morpholine rings is 1. The third-order valence-corrected chi connectivity index (χ3v) is 9.24. The number of pyridine rings is 1. The van der Waals surface area contributed by atoms with Gasteiger partial charge in [0.2, 0.25) is 10.0 Å². The van der Waals surface area contributed by atoms with Gasteiger partial charge in [-0.15, -0.1) is 11.3 Å². The van der Waals surface area contributed by atoms with Crippen LogP contribution in [0.25, 0.3) is 11.3 Å². The molecule has 0 unspecified atom stereocenters. The Bertz CT molecular complexity index is 1580. The number of sulfonamides is 1. The maximum Gasteiger partial charge on any atom is 0.243 e. The van der Waals surface area contributed by atoms with Crippen molar-refractivity contribution in [3.8, 4) is 22.8 Å². The number of methoxy groups -OCH3 is 2. The molecule has 5 rings (SSSR count). The van der Waals surface area contributed by atoms with E-state index in [9.17, 15) is 8.42 Å². The van der Waals surface area contributed by atoms with Crippen molar-refractivity contribution in [3.05, 3.63) is 82.7 Å². The Morgan fingerprint density at radius 2 is 1.82 bits per heavy atom. The molecule has 0 saturated carbocycles. The molecule has 39 heavy (non-hydrogen) atoms. The van der Waals surface area contributed by atoms with Gasteiger partial charge in [-0.05, 0) is 54.6 Å². The van der Waals surface area contributed by atoms with Crippen molar-refractivity contribution in [3.63, 3.8) is 0 Å². The molecular weight excluding hydrogens is 536 g/mol. The quantitative estimate of drug-likeness (QED) is 0.303. The summed E-state index contributed by atoms with van der Waals surface area (Å²) in [4.78, 5) is 10.4. The molecule has 2 aromatic carbocycles. The topological polar surface area (TPSA) is 95.3 Å². The van der Waals surface area contributed by atoms with Crippen molar-refractivity contribution in [1.29, 1.82) is 0 Å². The maximum absolute atomic E-state index is 13.0. The molecule has 1 saturated heterocycles.